The van der Waals surface area contributed by atoms with Crippen LogP contribution in [0.5, 0.6) is 0 Å². The number of aryl methyl sites for hydroxylation is 1. The Kier molecular flexibility index (Phi) is 6.97. The van der Waals surface area contributed by atoms with Crippen LogP contribution in [0, 0.1) is 11.8 Å². The lowest BCUT2D eigenvalue weighted by molar-refractivity contribution is -0.229. The quantitative estimate of drug-likeness (QED) is 0.302. The van der Waals surface area contributed by atoms with E-state index in [9.17, 15) is 4.79 Å². The zero-order valence-electron chi connectivity index (χ0n) is 19.6. The predicted molar refractivity (Wildman–Crippen MR) is 127 cm³/mol. The Morgan fingerprint density at radius 3 is 2.73 bits per heavy atom. The van der Waals surface area contributed by atoms with Crippen LogP contribution in [-0.2, 0) is 31.8 Å². The van der Waals surface area contributed by atoms with E-state index in [-0.39, 0.29) is 25.5 Å². The molecule has 1 amide bonds. The monoisotopic (exact) mass is 474 g/mol. The molecule has 2 aromatic rings. The highest BCUT2D eigenvalue weighted by atomic mass is 32.2. The number of hydrogen-bond acceptors (Lipinski definition) is 7. The lowest BCUT2D eigenvalue weighted by atomic mass is 9.79. The molecule has 2 saturated carbocycles. The SMILES string of the molecule is COCO[C@@]1(Cc2nccc3oc(CCC4CC4)cc23)C(=O)N(COC)[C@H]1CSCC1CC1. The molecule has 0 N–H and O–H groups in total. The number of rotatable bonds is 14. The predicted octanol–water partition coefficient (Wildman–Crippen LogP) is 4.03. The summed E-state index contributed by atoms with van der Waals surface area (Å²) in [5, 5.41) is 0.978. The molecule has 5 rings (SSSR count). The molecule has 0 unspecified atom stereocenters. The maximum atomic E-state index is 13.4. The molecule has 1 saturated heterocycles. The van der Waals surface area contributed by atoms with Crippen molar-refractivity contribution in [3.63, 3.8) is 0 Å². The number of nitrogens with zero attached hydrogens (tertiary/aromatic N) is 2. The fraction of sp³-hybridized carbons (Fsp3) is 0.680. The van der Waals surface area contributed by atoms with E-state index < -0.39 is 5.60 Å². The van der Waals surface area contributed by atoms with Gasteiger partial charge in [0.15, 0.2) is 5.60 Å². The largest absolute Gasteiger partial charge is 0.461 e. The third kappa shape index (κ3) is 4.94. The maximum Gasteiger partial charge on any atom is 0.259 e. The number of carbonyl (C=O) groups is 1. The summed E-state index contributed by atoms with van der Waals surface area (Å²) in [7, 11) is 3.20. The van der Waals surface area contributed by atoms with E-state index >= 15 is 0 Å². The average Bonchev–Trinajstić information content (AvgIpc) is 3.76. The van der Waals surface area contributed by atoms with Crippen LogP contribution in [0.15, 0.2) is 22.7 Å². The minimum absolute atomic E-state index is 0.0599. The molecule has 8 heteroatoms. The average molecular weight is 475 g/mol. The van der Waals surface area contributed by atoms with Gasteiger partial charge in [-0.1, -0.05) is 12.8 Å². The fourth-order valence-corrected chi connectivity index (χ4v) is 6.23. The lowest BCUT2D eigenvalue weighted by Crippen LogP contribution is -2.77. The second-order valence-electron chi connectivity index (χ2n) is 9.67. The Hall–Kier alpha value is -1.61. The summed E-state index contributed by atoms with van der Waals surface area (Å²) in [6.07, 6.45) is 9.60. The van der Waals surface area contributed by atoms with E-state index in [4.69, 9.17) is 18.6 Å². The van der Waals surface area contributed by atoms with Crippen LogP contribution in [0.3, 0.4) is 0 Å². The molecule has 1 aliphatic heterocycles. The number of fused-ring (bicyclic) bond motifs is 1. The van der Waals surface area contributed by atoms with E-state index in [0.29, 0.717) is 6.42 Å². The van der Waals surface area contributed by atoms with Crippen molar-refractivity contribution in [3.8, 4) is 0 Å². The van der Waals surface area contributed by atoms with Crippen molar-refractivity contribution >= 4 is 28.6 Å². The first-order chi connectivity index (χ1) is 16.1. The molecule has 0 spiro atoms. The van der Waals surface area contributed by atoms with Crippen molar-refractivity contribution < 1.29 is 23.4 Å². The van der Waals surface area contributed by atoms with Crippen LogP contribution >= 0.6 is 11.8 Å². The van der Waals surface area contributed by atoms with Gasteiger partial charge in [-0.2, -0.15) is 11.8 Å². The highest BCUT2D eigenvalue weighted by Gasteiger charge is 2.62. The summed E-state index contributed by atoms with van der Waals surface area (Å²) in [4.78, 5) is 19.9. The molecule has 2 atom stereocenters. The van der Waals surface area contributed by atoms with Crippen molar-refractivity contribution in [2.24, 2.45) is 11.8 Å². The standard InChI is InChI=1S/C25H34N2O5S/c1-29-15-27-23(14-33-13-18-5-6-18)25(24(27)28,31-16-30-2)12-21-20-11-19(8-7-17-3-4-17)32-22(20)9-10-26-21/h9-11,17-18,23H,3-8,12-16H2,1-2H3/t23-,25+/m0/s1. The third-order valence-corrected chi connectivity index (χ3v) is 8.33. The van der Waals surface area contributed by atoms with E-state index in [2.05, 4.69) is 11.1 Å². The fourth-order valence-electron chi connectivity index (χ4n) is 4.76. The Balaban J connectivity index is 1.39. The Labute approximate surface area is 199 Å². The highest BCUT2D eigenvalue weighted by Crippen LogP contribution is 2.42. The van der Waals surface area contributed by atoms with Crippen LogP contribution in [0.2, 0.25) is 0 Å². The van der Waals surface area contributed by atoms with Gasteiger partial charge >= 0.3 is 0 Å². The number of β-lactam (4-membered cyclic amide) rings is 1. The van der Waals surface area contributed by atoms with Crippen LogP contribution in [0.25, 0.3) is 11.0 Å². The minimum atomic E-state index is -1.00. The molecule has 2 aromatic heterocycles. The lowest BCUT2D eigenvalue weighted by Gasteiger charge is -2.54. The molecular weight excluding hydrogens is 440 g/mol. The number of carbonyl (C=O) groups excluding carboxylic acids is 1. The van der Waals surface area contributed by atoms with Gasteiger partial charge in [0, 0.05) is 44.4 Å². The van der Waals surface area contributed by atoms with Gasteiger partial charge in [-0.3, -0.25) is 9.78 Å². The molecule has 33 heavy (non-hydrogen) atoms. The van der Waals surface area contributed by atoms with Gasteiger partial charge in [-0.15, -0.1) is 0 Å². The summed E-state index contributed by atoms with van der Waals surface area (Å²) in [5.74, 6) is 4.56. The van der Waals surface area contributed by atoms with Crippen LogP contribution < -0.4 is 0 Å². The van der Waals surface area contributed by atoms with Crippen LogP contribution in [0.4, 0.5) is 0 Å². The number of methoxy groups -OCH3 is 2. The molecule has 3 heterocycles. The number of thioether (sulfide) groups is 1. The van der Waals surface area contributed by atoms with E-state index in [0.717, 1.165) is 52.2 Å². The maximum absolute atomic E-state index is 13.4. The van der Waals surface area contributed by atoms with E-state index in [1.807, 2.05) is 17.8 Å². The number of hydrogen-bond donors (Lipinski definition) is 0. The van der Waals surface area contributed by atoms with Gasteiger partial charge in [0.1, 0.15) is 24.9 Å². The Morgan fingerprint density at radius 2 is 2.00 bits per heavy atom. The zero-order chi connectivity index (χ0) is 22.8. The number of furan rings is 1. The van der Waals surface area contributed by atoms with Crippen molar-refractivity contribution in [2.75, 3.05) is 39.2 Å². The number of pyridine rings is 1. The third-order valence-electron chi connectivity index (χ3n) is 7.07. The van der Waals surface area contributed by atoms with Gasteiger partial charge < -0.3 is 23.5 Å². The van der Waals surface area contributed by atoms with Crippen molar-refractivity contribution in [3.05, 3.63) is 29.8 Å². The van der Waals surface area contributed by atoms with Crippen LogP contribution in [-0.4, -0.2) is 66.7 Å². The zero-order valence-corrected chi connectivity index (χ0v) is 20.4. The first-order valence-electron chi connectivity index (χ1n) is 12.0. The molecule has 0 aromatic carbocycles. The van der Waals surface area contributed by atoms with E-state index in [1.54, 1.807) is 25.3 Å². The summed E-state index contributed by atoms with van der Waals surface area (Å²) in [5.41, 5.74) is 0.665. The summed E-state index contributed by atoms with van der Waals surface area (Å²) in [6.45, 7) is 0.324. The normalized spacial score (nSPS) is 25.1. The first kappa shape index (κ1) is 23.1. The minimum Gasteiger partial charge on any atom is -0.461 e. The first-order valence-corrected chi connectivity index (χ1v) is 13.2. The topological polar surface area (TPSA) is 74.0 Å². The molecule has 3 aliphatic rings. The number of amides is 1. The molecule has 2 aliphatic carbocycles. The van der Waals surface area contributed by atoms with Gasteiger partial charge in [-0.05, 0) is 49.0 Å². The number of likely N-dealkylation sites (tertiary alicyclic amines) is 1. The molecule has 0 radical (unpaired) electrons. The molecule has 3 fully saturated rings. The van der Waals surface area contributed by atoms with Gasteiger partial charge in [0.05, 0.1) is 11.7 Å². The Morgan fingerprint density at radius 1 is 1.18 bits per heavy atom. The smallest absolute Gasteiger partial charge is 0.259 e. The molecular formula is C25H34N2O5S. The summed E-state index contributed by atoms with van der Waals surface area (Å²) >= 11 is 1.90. The molecule has 180 valence electrons. The van der Waals surface area contributed by atoms with Crippen LogP contribution in [0.1, 0.15) is 43.6 Å². The summed E-state index contributed by atoms with van der Waals surface area (Å²) in [6, 6.07) is 3.92. The van der Waals surface area contributed by atoms with Gasteiger partial charge in [0.25, 0.3) is 5.91 Å². The van der Waals surface area contributed by atoms with Gasteiger partial charge in [-0.25, -0.2) is 0 Å². The van der Waals surface area contributed by atoms with Gasteiger partial charge in [0.2, 0.25) is 0 Å². The highest BCUT2D eigenvalue weighted by molar-refractivity contribution is 7.99. The number of ether oxygens (including phenoxy) is 3. The summed E-state index contributed by atoms with van der Waals surface area (Å²) < 4.78 is 22.9. The second kappa shape index (κ2) is 9.94. The van der Waals surface area contributed by atoms with Crippen molar-refractivity contribution in [1.82, 2.24) is 9.88 Å². The molecule has 7 nitrogen and oxygen atoms in total. The van der Waals surface area contributed by atoms with Crippen molar-refractivity contribution in [1.29, 1.82) is 0 Å². The number of aromatic nitrogens is 1. The van der Waals surface area contributed by atoms with E-state index in [1.165, 1.54) is 32.1 Å². The molecule has 0 bridgehead atoms. The second-order valence-corrected chi connectivity index (χ2v) is 10.7. The van der Waals surface area contributed by atoms with Crippen molar-refractivity contribution in [2.45, 2.75) is 56.6 Å². The Bertz CT molecular complexity index is 973.